The van der Waals surface area contributed by atoms with Crippen molar-refractivity contribution in [2.45, 2.75) is 31.3 Å². The molecule has 0 aliphatic carbocycles. The average molecular weight is 362 g/mol. The SMILES string of the molecule is CN1C(=O)CC(C(=O)O)C12CCN(Cc1ccccc1OCCO)CC2. The third kappa shape index (κ3) is 3.41. The molecule has 1 aromatic rings. The van der Waals surface area contributed by atoms with Crippen LogP contribution in [0.2, 0.25) is 0 Å². The molecule has 2 aliphatic rings. The van der Waals surface area contributed by atoms with E-state index < -0.39 is 17.4 Å². The topological polar surface area (TPSA) is 90.3 Å². The van der Waals surface area contributed by atoms with Crippen molar-refractivity contribution in [3.05, 3.63) is 29.8 Å². The highest BCUT2D eigenvalue weighted by molar-refractivity contribution is 5.88. The van der Waals surface area contributed by atoms with Crippen molar-refractivity contribution in [2.75, 3.05) is 33.4 Å². The summed E-state index contributed by atoms with van der Waals surface area (Å²) < 4.78 is 5.59. The van der Waals surface area contributed by atoms with Gasteiger partial charge in [-0.2, -0.15) is 0 Å². The highest BCUT2D eigenvalue weighted by Crippen LogP contribution is 2.43. The number of nitrogens with zero attached hydrogens (tertiary/aromatic N) is 2. The second-order valence-electron chi connectivity index (χ2n) is 7.11. The van der Waals surface area contributed by atoms with E-state index in [9.17, 15) is 14.7 Å². The van der Waals surface area contributed by atoms with Crippen molar-refractivity contribution in [3.8, 4) is 5.75 Å². The first-order valence-electron chi connectivity index (χ1n) is 9.01. The molecule has 7 heteroatoms. The summed E-state index contributed by atoms with van der Waals surface area (Å²) in [6.07, 6.45) is 1.42. The molecule has 0 saturated carbocycles. The van der Waals surface area contributed by atoms with Crippen LogP contribution in [0.5, 0.6) is 5.75 Å². The first-order chi connectivity index (χ1) is 12.5. The highest BCUT2D eigenvalue weighted by atomic mass is 16.5. The number of aliphatic hydroxyl groups excluding tert-OH is 1. The molecule has 2 heterocycles. The lowest BCUT2D eigenvalue weighted by atomic mass is 9.77. The minimum Gasteiger partial charge on any atom is -0.491 e. The smallest absolute Gasteiger partial charge is 0.309 e. The number of hydrogen-bond acceptors (Lipinski definition) is 5. The number of piperidine rings is 1. The quantitative estimate of drug-likeness (QED) is 0.783. The maximum absolute atomic E-state index is 12.1. The molecule has 2 saturated heterocycles. The number of carboxylic acids is 1. The number of carboxylic acid groups (broad SMARTS) is 1. The number of rotatable bonds is 6. The van der Waals surface area contributed by atoms with Crippen LogP contribution in [0, 0.1) is 5.92 Å². The van der Waals surface area contributed by atoms with Crippen LogP contribution in [-0.2, 0) is 16.1 Å². The van der Waals surface area contributed by atoms with E-state index in [1.807, 2.05) is 24.3 Å². The van der Waals surface area contributed by atoms with Gasteiger partial charge in [0.25, 0.3) is 0 Å². The summed E-state index contributed by atoms with van der Waals surface area (Å²) in [4.78, 5) is 27.7. The van der Waals surface area contributed by atoms with Gasteiger partial charge in [-0.3, -0.25) is 14.5 Å². The lowest BCUT2D eigenvalue weighted by Crippen LogP contribution is -2.55. The van der Waals surface area contributed by atoms with Crippen LogP contribution in [0.25, 0.3) is 0 Å². The van der Waals surface area contributed by atoms with Crippen molar-refractivity contribution in [1.82, 2.24) is 9.80 Å². The third-order valence-corrected chi connectivity index (χ3v) is 5.80. The van der Waals surface area contributed by atoms with Crippen LogP contribution in [0.1, 0.15) is 24.8 Å². The normalized spacial score (nSPS) is 22.8. The molecule has 0 bridgehead atoms. The van der Waals surface area contributed by atoms with Gasteiger partial charge in [0, 0.05) is 38.7 Å². The van der Waals surface area contributed by atoms with Crippen molar-refractivity contribution in [1.29, 1.82) is 0 Å². The van der Waals surface area contributed by atoms with Gasteiger partial charge in [0.2, 0.25) is 5.91 Å². The largest absolute Gasteiger partial charge is 0.491 e. The first kappa shape index (κ1) is 18.7. The summed E-state index contributed by atoms with van der Waals surface area (Å²) in [5.74, 6) is -0.812. The molecule has 2 N–H and O–H groups in total. The Hall–Kier alpha value is -2.12. The molecule has 3 rings (SSSR count). The standard InChI is InChI=1S/C19H26N2O5/c1-20-17(23)12-15(18(24)25)19(20)6-8-21(9-7-19)13-14-4-2-3-5-16(14)26-11-10-22/h2-5,15,22H,6-13H2,1H3,(H,24,25). The lowest BCUT2D eigenvalue weighted by Gasteiger charge is -2.45. The van der Waals surface area contributed by atoms with E-state index in [-0.39, 0.29) is 25.5 Å². The van der Waals surface area contributed by atoms with Gasteiger partial charge in [0.05, 0.1) is 18.1 Å². The number of hydrogen-bond donors (Lipinski definition) is 2. The molecule has 1 amide bonds. The minimum atomic E-state index is -0.876. The Balaban J connectivity index is 1.68. The Kier molecular flexibility index (Phi) is 5.48. The number of ether oxygens (including phenoxy) is 1. The summed E-state index contributed by atoms with van der Waals surface area (Å²) in [7, 11) is 1.74. The van der Waals surface area contributed by atoms with E-state index in [1.165, 1.54) is 0 Å². The van der Waals surface area contributed by atoms with Crippen molar-refractivity contribution >= 4 is 11.9 Å². The summed E-state index contributed by atoms with van der Waals surface area (Å²) >= 11 is 0. The Morgan fingerprint density at radius 1 is 1.31 bits per heavy atom. The number of carbonyl (C=O) groups is 2. The Bertz CT molecular complexity index is 670. The molecule has 0 aromatic heterocycles. The van der Waals surface area contributed by atoms with Crippen LogP contribution in [0.3, 0.4) is 0 Å². The van der Waals surface area contributed by atoms with E-state index in [1.54, 1.807) is 11.9 Å². The van der Waals surface area contributed by atoms with Crippen LogP contribution in [-0.4, -0.2) is 70.8 Å². The van der Waals surface area contributed by atoms with E-state index in [2.05, 4.69) is 4.90 Å². The summed E-state index contributed by atoms with van der Waals surface area (Å²) in [6, 6.07) is 7.75. The molecule has 142 valence electrons. The zero-order chi connectivity index (χ0) is 18.7. The zero-order valence-electron chi connectivity index (χ0n) is 15.1. The molecular weight excluding hydrogens is 336 g/mol. The van der Waals surface area contributed by atoms with Crippen LogP contribution in [0.4, 0.5) is 0 Å². The number of para-hydroxylation sites is 1. The number of likely N-dealkylation sites (tertiary alicyclic amines) is 2. The van der Waals surface area contributed by atoms with Crippen LogP contribution < -0.4 is 4.74 Å². The Morgan fingerprint density at radius 2 is 2.00 bits per heavy atom. The van der Waals surface area contributed by atoms with Gasteiger partial charge in [-0.15, -0.1) is 0 Å². The predicted octanol–water partition coefficient (Wildman–Crippen LogP) is 0.955. The van der Waals surface area contributed by atoms with E-state index in [0.29, 0.717) is 19.4 Å². The van der Waals surface area contributed by atoms with Gasteiger partial charge in [-0.25, -0.2) is 0 Å². The minimum absolute atomic E-state index is 0.0302. The van der Waals surface area contributed by atoms with Crippen LogP contribution >= 0.6 is 0 Å². The molecule has 7 nitrogen and oxygen atoms in total. The van der Waals surface area contributed by atoms with Gasteiger partial charge >= 0.3 is 5.97 Å². The summed E-state index contributed by atoms with van der Waals surface area (Å²) in [5.41, 5.74) is 0.481. The van der Waals surface area contributed by atoms with Gasteiger partial charge in [0.1, 0.15) is 12.4 Å². The molecule has 1 spiro atoms. The zero-order valence-corrected chi connectivity index (χ0v) is 15.1. The van der Waals surface area contributed by atoms with Crippen molar-refractivity contribution < 1.29 is 24.5 Å². The fraction of sp³-hybridized carbons (Fsp3) is 0.579. The maximum atomic E-state index is 12.1. The number of aliphatic carboxylic acids is 1. The molecule has 1 unspecified atom stereocenters. The van der Waals surface area contributed by atoms with E-state index >= 15 is 0 Å². The molecule has 2 fully saturated rings. The van der Waals surface area contributed by atoms with Gasteiger partial charge in [0.15, 0.2) is 0 Å². The number of carbonyl (C=O) groups excluding carboxylic acids is 1. The average Bonchev–Trinajstić information content (AvgIpc) is 2.88. The number of amides is 1. The maximum Gasteiger partial charge on any atom is 0.309 e. The monoisotopic (exact) mass is 362 g/mol. The summed E-state index contributed by atoms with van der Waals surface area (Å²) in [6.45, 7) is 2.39. The first-order valence-corrected chi connectivity index (χ1v) is 9.01. The predicted molar refractivity (Wildman–Crippen MR) is 94.8 cm³/mol. The summed E-state index contributed by atoms with van der Waals surface area (Å²) in [5, 5.41) is 18.5. The van der Waals surface area contributed by atoms with E-state index in [0.717, 1.165) is 24.4 Å². The van der Waals surface area contributed by atoms with Crippen molar-refractivity contribution in [2.24, 2.45) is 5.92 Å². The number of benzene rings is 1. The van der Waals surface area contributed by atoms with Crippen LogP contribution in [0.15, 0.2) is 24.3 Å². The molecule has 2 aliphatic heterocycles. The van der Waals surface area contributed by atoms with E-state index in [4.69, 9.17) is 9.84 Å². The molecular formula is C19H26N2O5. The number of aliphatic hydroxyl groups is 1. The Labute approximate surface area is 153 Å². The molecule has 26 heavy (non-hydrogen) atoms. The van der Waals surface area contributed by atoms with Gasteiger partial charge in [-0.05, 0) is 18.9 Å². The van der Waals surface area contributed by atoms with Gasteiger partial charge < -0.3 is 19.8 Å². The lowest BCUT2D eigenvalue weighted by molar-refractivity contribution is -0.146. The highest BCUT2D eigenvalue weighted by Gasteiger charge is 2.55. The van der Waals surface area contributed by atoms with Crippen molar-refractivity contribution in [3.63, 3.8) is 0 Å². The fourth-order valence-electron chi connectivity index (χ4n) is 4.25. The molecule has 1 aromatic carbocycles. The molecule has 1 atom stereocenters. The second kappa shape index (κ2) is 7.63. The van der Waals surface area contributed by atoms with Gasteiger partial charge in [-0.1, -0.05) is 18.2 Å². The second-order valence-corrected chi connectivity index (χ2v) is 7.11. The Morgan fingerprint density at radius 3 is 2.65 bits per heavy atom. The third-order valence-electron chi connectivity index (χ3n) is 5.80. The fourth-order valence-corrected chi connectivity index (χ4v) is 4.25. The molecule has 0 radical (unpaired) electrons.